The zero-order valence-electron chi connectivity index (χ0n) is 8.10. The molecule has 1 unspecified atom stereocenters. The van der Waals surface area contributed by atoms with E-state index in [1.807, 2.05) is 30.3 Å². The number of aromatic nitrogens is 1. The second-order valence-corrected chi connectivity index (χ2v) is 4.57. The Morgan fingerprint density at radius 1 is 1.19 bits per heavy atom. The van der Waals surface area contributed by atoms with Crippen LogP contribution in [0.25, 0.3) is 5.57 Å². The van der Waals surface area contributed by atoms with Gasteiger partial charge in [-0.1, -0.05) is 30.3 Å². The molecule has 16 heavy (non-hydrogen) atoms. The smallest absolute Gasteiger partial charge is 0.398 e. The average Bonchev–Trinajstić information content (AvgIpc) is 2.80. The van der Waals surface area contributed by atoms with Crippen molar-refractivity contribution in [2.75, 3.05) is 0 Å². The van der Waals surface area contributed by atoms with E-state index in [1.54, 1.807) is 5.41 Å². The van der Waals surface area contributed by atoms with Crippen molar-refractivity contribution in [2.45, 2.75) is 5.09 Å². The van der Waals surface area contributed by atoms with Crippen LogP contribution in [0.4, 0.5) is 0 Å². The second-order valence-electron chi connectivity index (χ2n) is 3.37. The molecule has 80 valence electrons. The van der Waals surface area contributed by atoms with Crippen LogP contribution in [0.1, 0.15) is 11.3 Å². The van der Waals surface area contributed by atoms with Crippen molar-refractivity contribution in [3.05, 3.63) is 57.5 Å². The largest absolute Gasteiger partial charge is 0.417 e. The number of fused-ring (bicyclic) bond motifs is 1. The molecule has 0 aliphatic carbocycles. The first-order chi connectivity index (χ1) is 7.75. The Bertz CT molecular complexity index is 651. The van der Waals surface area contributed by atoms with Gasteiger partial charge in [0.05, 0.1) is 0 Å². The third-order valence-corrected chi connectivity index (χ3v) is 3.48. The van der Waals surface area contributed by atoms with Crippen LogP contribution < -0.4 is 5.76 Å². The van der Waals surface area contributed by atoms with Gasteiger partial charge < -0.3 is 4.42 Å². The Morgan fingerprint density at radius 3 is 2.69 bits per heavy atom. The number of H-pyrrole nitrogens is 1. The maximum atomic E-state index is 11.6. The fourth-order valence-corrected chi connectivity index (χ4v) is 2.78. The zero-order valence-corrected chi connectivity index (χ0v) is 8.91. The summed E-state index contributed by atoms with van der Waals surface area (Å²) in [6.07, 6.45) is 0. The molecule has 0 bridgehead atoms. The van der Waals surface area contributed by atoms with Gasteiger partial charge in [0.25, 0.3) is 0 Å². The van der Waals surface area contributed by atoms with Crippen LogP contribution in [0.15, 0.2) is 50.0 Å². The minimum atomic E-state index is -1.37. The van der Waals surface area contributed by atoms with Crippen LogP contribution >= 0.6 is 0 Å². The van der Waals surface area contributed by atoms with Crippen molar-refractivity contribution < 1.29 is 8.63 Å². The van der Waals surface area contributed by atoms with E-state index in [9.17, 15) is 9.00 Å². The fourth-order valence-electron chi connectivity index (χ4n) is 1.68. The Morgan fingerprint density at radius 2 is 1.94 bits per heavy atom. The number of aromatic amines is 1. The first-order valence-electron chi connectivity index (χ1n) is 4.67. The Balaban J connectivity index is 2.22. The van der Waals surface area contributed by atoms with Crippen LogP contribution in [0.5, 0.6) is 0 Å². The Labute approximate surface area is 93.1 Å². The predicted octanol–water partition coefficient (Wildman–Crippen LogP) is 1.48. The van der Waals surface area contributed by atoms with Crippen molar-refractivity contribution in [1.29, 1.82) is 0 Å². The molecule has 0 fully saturated rings. The highest BCUT2D eigenvalue weighted by Gasteiger charge is 2.26. The summed E-state index contributed by atoms with van der Waals surface area (Å²) in [7, 11) is -1.37. The molecule has 0 saturated heterocycles. The monoisotopic (exact) mass is 233 g/mol. The first-order valence-corrected chi connectivity index (χ1v) is 5.88. The van der Waals surface area contributed by atoms with Gasteiger partial charge in [0, 0.05) is 11.0 Å². The highest BCUT2D eigenvalue weighted by atomic mass is 32.2. The molecule has 1 atom stereocenters. The van der Waals surface area contributed by atoms with Gasteiger partial charge in [0.2, 0.25) is 5.09 Å². The minimum absolute atomic E-state index is 0.212. The number of hydrogen-bond acceptors (Lipinski definition) is 3. The normalized spacial score (nSPS) is 18.2. The Hall–Kier alpha value is -1.88. The highest BCUT2D eigenvalue weighted by Crippen LogP contribution is 2.32. The van der Waals surface area contributed by atoms with Gasteiger partial charge in [-0.2, -0.15) is 0 Å². The number of nitrogens with one attached hydrogen (secondary N) is 1. The molecule has 1 aromatic carbocycles. The molecule has 1 N–H and O–H groups in total. The second kappa shape index (κ2) is 3.31. The summed E-state index contributed by atoms with van der Waals surface area (Å²) < 4.78 is 16.5. The molecule has 3 rings (SSSR count). The van der Waals surface area contributed by atoms with Gasteiger partial charge in [-0.15, -0.1) is 0 Å². The third kappa shape index (κ3) is 1.29. The van der Waals surface area contributed by atoms with Gasteiger partial charge in [-0.3, -0.25) is 4.98 Å². The molecule has 2 aromatic rings. The van der Waals surface area contributed by atoms with Crippen molar-refractivity contribution in [2.24, 2.45) is 0 Å². The summed E-state index contributed by atoms with van der Waals surface area (Å²) in [5, 5.41) is 1.79. The van der Waals surface area contributed by atoms with Gasteiger partial charge in [-0.25, -0.2) is 9.00 Å². The summed E-state index contributed by atoms with van der Waals surface area (Å²) in [5.74, 6) is -0.570. The first kappa shape index (κ1) is 9.35. The van der Waals surface area contributed by atoms with Crippen LogP contribution in [-0.4, -0.2) is 9.19 Å². The lowest BCUT2D eigenvalue weighted by Gasteiger charge is -1.99. The lowest BCUT2D eigenvalue weighted by Crippen LogP contribution is -1.97. The highest BCUT2D eigenvalue weighted by molar-refractivity contribution is 7.88. The number of oxazole rings is 1. The lowest BCUT2D eigenvalue weighted by atomic mass is 10.1. The molecular formula is C11H7NO3S. The minimum Gasteiger partial charge on any atom is -0.398 e. The summed E-state index contributed by atoms with van der Waals surface area (Å²) in [6, 6.07) is 9.45. The summed E-state index contributed by atoms with van der Waals surface area (Å²) in [6.45, 7) is 0. The van der Waals surface area contributed by atoms with E-state index in [2.05, 4.69) is 4.98 Å². The average molecular weight is 233 g/mol. The number of benzene rings is 1. The predicted molar refractivity (Wildman–Crippen MR) is 59.3 cm³/mol. The number of rotatable bonds is 1. The van der Waals surface area contributed by atoms with Crippen molar-refractivity contribution in [1.82, 2.24) is 4.98 Å². The molecule has 0 spiro atoms. The molecule has 5 heteroatoms. The van der Waals surface area contributed by atoms with E-state index >= 15 is 0 Å². The van der Waals surface area contributed by atoms with E-state index < -0.39 is 16.6 Å². The van der Waals surface area contributed by atoms with Crippen LogP contribution in [0.2, 0.25) is 0 Å². The summed E-state index contributed by atoms with van der Waals surface area (Å²) in [5.41, 5.74) is 2.18. The summed E-state index contributed by atoms with van der Waals surface area (Å²) in [4.78, 5) is 13.6. The van der Waals surface area contributed by atoms with E-state index in [4.69, 9.17) is 4.42 Å². The van der Waals surface area contributed by atoms with Crippen molar-refractivity contribution >= 4 is 16.4 Å². The molecule has 2 heterocycles. The SMILES string of the molecule is O=c1[nH]c2c(o1)S(=O)C=C2c1ccccc1. The topological polar surface area (TPSA) is 63.1 Å². The zero-order chi connectivity index (χ0) is 11.1. The molecule has 0 amide bonds. The third-order valence-electron chi connectivity index (χ3n) is 2.38. The summed E-state index contributed by atoms with van der Waals surface area (Å²) >= 11 is 0. The van der Waals surface area contributed by atoms with E-state index in [0.717, 1.165) is 11.1 Å². The fraction of sp³-hybridized carbons (Fsp3) is 0. The molecule has 0 radical (unpaired) electrons. The standard InChI is InChI=1S/C11H7NO3S/c13-11-12-9-8(6-16(14)10(9)15-11)7-4-2-1-3-5-7/h1-6H,(H,12,13). The quantitative estimate of drug-likeness (QED) is 0.811. The van der Waals surface area contributed by atoms with Gasteiger partial charge >= 0.3 is 5.76 Å². The van der Waals surface area contributed by atoms with Crippen molar-refractivity contribution in [3.8, 4) is 0 Å². The van der Waals surface area contributed by atoms with Gasteiger partial charge in [0.1, 0.15) is 16.5 Å². The molecule has 0 saturated carbocycles. The maximum Gasteiger partial charge on any atom is 0.417 e. The molecule has 1 aliphatic rings. The Kier molecular flexibility index (Phi) is 1.94. The molecule has 1 aliphatic heterocycles. The van der Waals surface area contributed by atoms with Gasteiger partial charge in [0.15, 0.2) is 0 Å². The van der Waals surface area contributed by atoms with E-state index in [0.29, 0.717) is 5.69 Å². The van der Waals surface area contributed by atoms with E-state index in [1.165, 1.54) is 0 Å². The molecule has 4 nitrogen and oxygen atoms in total. The number of hydrogen-bond donors (Lipinski definition) is 1. The maximum absolute atomic E-state index is 11.6. The van der Waals surface area contributed by atoms with Crippen LogP contribution in [-0.2, 0) is 10.8 Å². The van der Waals surface area contributed by atoms with Crippen LogP contribution in [0, 0.1) is 0 Å². The lowest BCUT2D eigenvalue weighted by molar-refractivity contribution is 0.429. The van der Waals surface area contributed by atoms with Crippen molar-refractivity contribution in [3.63, 3.8) is 0 Å². The molecule has 1 aromatic heterocycles. The van der Waals surface area contributed by atoms with E-state index in [-0.39, 0.29) is 5.09 Å². The van der Waals surface area contributed by atoms with Crippen LogP contribution in [0.3, 0.4) is 0 Å². The van der Waals surface area contributed by atoms with Gasteiger partial charge in [-0.05, 0) is 5.56 Å². The molecular weight excluding hydrogens is 226 g/mol.